The van der Waals surface area contributed by atoms with Crippen LogP contribution in [0.25, 0.3) is 0 Å². The first-order valence-electron chi connectivity index (χ1n) is 9.92. The average molecular weight is 547 g/mol. The Labute approximate surface area is 207 Å². The SMILES string of the molecule is O=C(Nc1nn(Cc2ccc(Br)cc2)cc1Cl)c1cc(COc2ccc3c(c2)OCO3)cs1. The van der Waals surface area contributed by atoms with E-state index in [1.807, 2.05) is 41.8 Å². The maximum atomic E-state index is 12.7. The molecule has 0 fully saturated rings. The van der Waals surface area contributed by atoms with Crippen LogP contribution in [0.5, 0.6) is 17.2 Å². The summed E-state index contributed by atoms with van der Waals surface area (Å²) in [5.41, 5.74) is 1.95. The van der Waals surface area contributed by atoms with Gasteiger partial charge in [0.25, 0.3) is 5.91 Å². The van der Waals surface area contributed by atoms with E-state index in [0.717, 1.165) is 15.6 Å². The highest BCUT2D eigenvalue weighted by Gasteiger charge is 2.16. The third-order valence-corrected chi connectivity index (χ3v) is 6.62. The first-order chi connectivity index (χ1) is 16.0. The molecule has 1 aliphatic heterocycles. The van der Waals surface area contributed by atoms with Crippen molar-refractivity contribution in [2.75, 3.05) is 12.1 Å². The van der Waals surface area contributed by atoms with Crippen LogP contribution in [0.3, 0.4) is 0 Å². The van der Waals surface area contributed by atoms with Crippen molar-refractivity contribution in [3.8, 4) is 17.2 Å². The van der Waals surface area contributed by atoms with E-state index in [2.05, 4.69) is 26.3 Å². The molecule has 0 saturated heterocycles. The number of benzene rings is 2. The van der Waals surface area contributed by atoms with Crippen molar-refractivity contribution in [3.63, 3.8) is 0 Å². The number of nitrogens with zero attached hydrogens (tertiary/aromatic N) is 2. The number of thiophene rings is 1. The van der Waals surface area contributed by atoms with Crippen LogP contribution in [-0.4, -0.2) is 22.5 Å². The van der Waals surface area contributed by atoms with Crippen LogP contribution in [0, 0.1) is 0 Å². The lowest BCUT2D eigenvalue weighted by molar-refractivity contribution is 0.103. The van der Waals surface area contributed by atoms with E-state index in [-0.39, 0.29) is 12.7 Å². The fourth-order valence-electron chi connectivity index (χ4n) is 3.21. The number of nitrogens with one attached hydrogen (secondary N) is 1. The number of ether oxygens (including phenoxy) is 3. The molecule has 0 radical (unpaired) electrons. The van der Waals surface area contributed by atoms with E-state index in [9.17, 15) is 4.79 Å². The van der Waals surface area contributed by atoms with E-state index in [4.69, 9.17) is 25.8 Å². The summed E-state index contributed by atoms with van der Waals surface area (Å²) in [6.45, 7) is 1.09. The van der Waals surface area contributed by atoms with Crippen molar-refractivity contribution in [3.05, 3.63) is 85.6 Å². The molecule has 168 valence electrons. The Kier molecular flexibility index (Phi) is 6.26. The van der Waals surface area contributed by atoms with E-state index in [1.165, 1.54) is 11.3 Å². The Morgan fingerprint density at radius 2 is 1.97 bits per heavy atom. The maximum absolute atomic E-state index is 12.7. The molecular formula is C23H17BrClN3O4S. The van der Waals surface area contributed by atoms with Gasteiger partial charge in [0.05, 0.1) is 11.4 Å². The van der Waals surface area contributed by atoms with Gasteiger partial charge < -0.3 is 19.5 Å². The summed E-state index contributed by atoms with van der Waals surface area (Å²) in [5, 5.41) is 9.45. The van der Waals surface area contributed by atoms with Crippen molar-refractivity contribution in [1.82, 2.24) is 9.78 Å². The fraction of sp³-hybridized carbons (Fsp3) is 0.130. The van der Waals surface area contributed by atoms with Gasteiger partial charge in [-0.05, 0) is 41.3 Å². The summed E-state index contributed by atoms with van der Waals surface area (Å²) in [4.78, 5) is 13.2. The molecule has 10 heteroatoms. The Hall–Kier alpha value is -3.01. The summed E-state index contributed by atoms with van der Waals surface area (Å²) < 4.78 is 19.2. The lowest BCUT2D eigenvalue weighted by Gasteiger charge is -2.05. The minimum atomic E-state index is -0.273. The quantitative estimate of drug-likeness (QED) is 0.309. The number of hydrogen-bond donors (Lipinski definition) is 1. The zero-order valence-electron chi connectivity index (χ0n) is 17.1. The molecule has 0 aliphatic carbocycles. The maximum Gasteiger partial charge on any atom is 0.266 e. The molecule has 1 N–H and O–H groups in total. The number of carbonyl (C=O) groups excluding carboxylic acids is 1. The molecule has 33 heavy (non-hydrogen) atoms. The molecule has 4 aromatic rings. The minimum absolute atomic E-state index is 0.217. The Bertz CT molecular complexity index is 1310. The summed E-state index contributed by atoms with van der Waals surface area (Å²) >= 11 is 11.0. The third kappa shape index (κ3) is 5.16. The molecule has 0 bridgehead atoms. The predicted molar refractivity (Wildman–Crippen MR) is 130 cm³/mol. The zero-order chi connectivity index (χ0) is 22.8. The van der Waals surface area contributed by atoms with Crippen LogP contribution in [0.15, 0.2) is 64.6 Å². The largest absolute Gasteiger partial charge is 0.489 e. The predicted octanol–water partition coefficient (Wildman–Crippen LogP) is 5.97. The number of amides is 1. The molecular weight excluding hydrogens is 530 g/mol. The number of aromatic nitrogens is 2. The van der Waals surface area contributed by atoms with Crippen molar-refractivity contribution >= 4 is 50.6 Å². The van der Waals surface area contributed by atoms with Gasteiger partial charge in [-0.2, -0.15) is 5.10 Å². The zero-order valence-corrected chi connectivity index (χ0v) is 20.2. The molecule has 0 saturated carbocycles. The highest BCUT2D eigenvalue weighted by molar-refractivity contribution is 9.10. The van der Waals surface area contributed by atoms with E-state index < -0.39 is 0 Å². The smallest absolute Gasteiger partial charge is 0.266 e. The van der Waals surface area contributed by atoms with Crippen molar-refractivity contribution in [1.29, 1.82) is 0 Å². The number of fused-ring (bicyclic) bond motifs is 1. The Balaban J connectivity index is 1.19. The van der Waals surface area contributed by atoms with Crippen molar-refractivity contribution < 1.29 is 19.0 Å². The molecule has 0 spiro atoms. The van der Waals surface area contributed by atoms with Gasteiger partial charge in [-0.25, -0.2) is 0 Å². The van der Waals surface area contributed by atoms with Gasteiger partial charge in [-0.3, -0.25) is 9.48 Å². The number of halogens is 2. The second-order valence-electron chi connectivity index (χ2n) is 7.23. The van der Waals surface area contributed by atoms with Crippen LogP contribution in [0.2, 0.25) is 5.02 Å². The average Bonchev–Trinajstić information content (AvgIpc) is 3.54. The Morgan fingerprint density at radius 3 is 2.82 bits per heavy atom. The van der Waals surface area contributed by atoms with E-state index in [0.29, 0.717) is 46.1 Å². The van der Waals surface area contributed by atoms with Crippen LogP contribution in [-0.2, 0) is 13.2 Å². The molecule has 3 heterocycles. The van der Waals surface area contributed by atoms with Crippen LogP contribution < -0.4 is 19.5 Å². The second-order valence-corrected chi connectivity index (χ2v) is 9.46. The number of anilines is 1. The summed E-state index contributed by atoms with van der Waals surface area (Å²) in [6, 6.07) is 15.1. The lowest BCUT2D eigenvalue weighted by Crippen LogP contribution is -2.11. The van der Waals surface area contributed by atoms with Crippen LogP contribution in [0.4, 0.5) is 5.82 Å². The highest BCUT2D eigenvalue weighted by atomic mass is 79.9. The fourth-order valence-corrected chi connectivity index (χ4v) is 4.47. The normalized spacial score (nSPS) is 12.1. The molecule has 7 nitrogen and oxygen atoms in total. The standard InChI is InChI=1S/C23H17BrClN3O4S/c24-16-3-1-14(2-4-16)9-28-10-18(25)22(27-28)26-23(29)21-7-15(12-33-21)11-30-17-5-6-19-20(8-17)32-13-31-19/h1-8,10,12H,9,11,13H2,(H,26,27,29). The van der Waals surface area contributed by atoms with Gasteiger partial charge in [0.15, 0.2) is 17.3 Å². The van der Waals surface area contributed by atoms with Crippen molar-refractivity contribution in [2.24, 2.45) is 0 Å². The molecule has 1 aliphatic rings. The lowest BCUT2D eigenvalue weighted by atomic mass is 10.2. The summed E-state index contributed by atoms with van der Waals surface area (Å²) in [7, 11) is 0. The van der Waals surface area contributed by atoms with Gasteiger partial charge in [-0.15, -0.1) is 11.3 Å². The molecule has 5 rings (SSSR count). The monoisotopic (exact) mass is 545 g/mol. The summed E-state index contributed by atoms with van der Waals surface area (Å²) in [6.07, 6.45) is 1.69. The second kappa shape index (κ2) is 9.46. The minimum Gasteiger partial charge on any atom is -0.489 e. The first kappa shape index (κ1) is 21.8. The van der Waals surface area contributed by atoms with Gasteiger partial charge in [0, 0.05) is 22.3 Å². The number of hydrogen-bond acceptors (Lipinski definition) is 6. The van der Waals surface area contributed by atoms with Crippen LogP contribution >= 0.6 is 38.9 Å². The molecule has 2 aromatic carbocycles. The topological polar surface area (TPSA) is 74.6 Å². The number of rotatable bonds is 7. The van der Waals surface area contributed by atoms with Gasteiger partial charge in [0.1, 0.15) is 17.4 Å². The molecule has 0 unspecified atom stereocenters. The van der Waals surface area contributed by atoms with E-state index in [1.54, 1.807) is 23.0 Å². The molecule has 0 atom stereocenters. The number of carbonyl (C=O) groups is 1. The first-order valence-corrected chi connectivity index (χ1v) is 12.0. The molecule has 2 aromatic heterocycles. The highest BCUT2D eigenvalue weighted by Crippen LogP contribution is 2.35. The Morgan fingerprint density at radius 1 is 1.15 bits per heavy atom. The van der Waals surface area contributed by atoms with Gasteiger partial charge in [0.2, 0.25) is 6.79 Å². The van der Waals surface area contributed by atoms with Crippen molar-refractivity contribution in [2.45, 2.75) is 13.2 Å². The summed E-state index contributed by atoms with van der Waals surface area (Å²) in [5.74, 6) is 2.08. The van der Waals surface area contributed by atoms with E-state index >= 15 is 0 Å². The third-order valence-electron chi connectivity index (χ3n) is 4.83. The molecule has 1 amide bonds. The van der Waals surface area contributed by atoms with Gasteiger partial charge >= 0.3 is 0 Å². The van der Waals surface area contributed by atoms with Gasteiger partial charge in [-0.1, -0.05) is 39.7 Å². The van der Waals surface area contributed by atoms with Crippen LogP contribution in [0.1, 0.15) is 20.8 Å².